The SMILES string of the molecule is CCC(CO)NC(=O)CCC(C)C. The minimum Gasteiger partial charge on any atom is -0.394 e. The van der Waals surface area contributed by atoms with Crippen LogP contribution in [0.25, 0.3) is 0 Å². The Morgan fingerprint density at radius 3 is 2.46 bits per heavy atom. The van der Waals surface area contributed by atoms with E-state index in [2.05, 4.69) is 19.2 Å². The van der Waals surface area contributed by atoms with E-state index in [9.17, 15) is 4.79 Å². The van der Waals surface area contributed by atoms with Crippen molar-refractivity contribution in [1.29, 1.82) is 0 Å². The first-order valence-corrected chi connectivity index (χ1v) is 5.00. The average Bonchev–Trinajstić information content (AvgIpc) is 2.10. The maximum absolute atomic E-state index is 11.3. The fraction of sp³-hybridized carbons (Fsp3) is 0.900. The van der Waals surface area contributed by atoms with Crippen molar-refractivity contribution in [1.82, 2.24) is 5.32 Å². The molecule has 1 unspecified atom stereocenters. The molecule has 78 valence electrons. The monoisotopic (exact) mass is 187 g/mol. The maximum atomic E-state index is 11.3. The predicted octanol–water partition coefficient (Wildman–Crippen LogP) is 1.31. The van der Waals surface area contributed by atoms with E-state index >= 15 is 0 Å². The van der Waals surface area contributed by atoms with E-state index in [1.54, 1.807) is 0 Å². The summed E-state index contributed by atoms with van der Waals surface area (Å²) in [6.45, 7) is 6.17. The van der Waals surface area contributed by atoms with Gasteiger partial charge >= 0.3 is 0 Å². The highest BCUT2D eigenvalue weighted by Gasteiger charge is 2.08. The van der Waals surface area contributed by atoms with E-state index in [0.29, 0.717) is 12.3 Å². The Labute approximate surface area is 80.5 Å². The Kier molecular flexibility index (Phi) is 6.59. The molecule has 13 heavy (non-hydrogen) atoms. The van der Waals surface area contributed by atoms with Crippen molar-refractivity contribution in [2.24, 2.45) is 5.92 Å². The van der Waals surface area contributed by atoms with E-state index in [1.807, 2.05) is 6.92 Å². The standard InChI is InChI=1S/C10H21NO2/c1-4-9(7-12)11-10(13)6-5-8(2)3/h8-9,12H,4-7H2,1-3H3,(H,11,13). The molecular formula is C10H21NO2. The lowest BCUT2D eigenvalue weighted by molar-refractivity contribution is -0.122. The van der Waals surface area contributed by atoms with Crippen LogP contribution in [0, 0.1) is 5.92 Å². The lowest BCUT2D eigenvalue weighted by atomic mass is 10.1. The second kappa shape index (κ2) is 6.89. The van der Waals surface area contributed by atoms with Crippen molar-refractivity contribution < 1.29 is 9.90 Å². The van der Waals surface area contributed by atoms with E-state index in [0.717, 1.165) is 12.8 Å². The molecule has 0 saturated carbocycles. The molecule has 0 rings (SSSR count). The van der Waals surface area contributed by atoms with Gasteiger partial charge in [-0.3, -0.25) is 4.79 Å². The highest BCUT2D eigenvalue weighted by molar-refractivity contribution is 5.76. The number of amides is 1. The van der Waals surface area contributed by atoms with Gasteiger partial charge in [-0.05, 0) is 18.8 Å². The van der Waals surface area contributed by atoms with Gasteiger partial charge in [0.25, 0.3) is 0 Å². The molecule has 0 fully saturated rings. The van der Waals surface area contributed by atoms with Crippen LogP contribution in [0.1, 0.15) is 40.0 Å². The zero-order valence-electron chi connectivity index (χ0n) is 8.84. The van der Waals surface area contributed by atoms with Gasteiger partial charge in [0, 0.05) is 6.42 Å². The molecule has 1 atom stereocenters. The molecule has 3 nitrogen and oxygen atoms in total. The number of hydrogen-bond donors (Lipinski definition) is 2. The normalized spacial score (nSPS) is 13.0. The lowest BCUT2D eigenvalue weighted by Gasteiger charge is -2.14. The van der Waals surface area contributed by atoms with Crippen LogP contribution in [0.15, 0.2) is 0 Å². The van der Waals surface area contributed by atoms with Crippen molar-refractivity contribution in [3.63, 3.8) is 0 Å². The zero-order valence-corrected chi connectivity index (χ0v) is 8.84. The molecule has 1 amide bonds. The first-order valence-electron chi connectivity index (χ1n) is 5.00. The minimum absolute atomic E-state index is 0.0317. The largest absolute Gasteiger partial charge is 0.394 e. The molecule has 0 bridgehead atoms. The Hall–Kier alpha value is -0.570. The van der Waals surface area contributed by atoms with Crippen molar-refractivity contribution in [2.75, 3.05) is 6.61 Å². The second-order valence-corrected chi connectivity index (χ2v) is 3.79. The Bertz CT molecular complexity index is 142. The quantitative estimate of drug-likeness (QED) is 0.658. The molecule has 0 aromatic rings. The van der Waals surface area contributed by atoms with Crippen LogP contribution in [-0.4, -0.2) is 23.7 Å². The third kappa shape index (κ3) is 6.58. The smallest absolute Gasteiger partial charge is 0.220 e. The van der Waals surface area contributed by atoms with Gasteiger partial charge in [0.2, 0.25) is 5.91 Å². The molecule has 0 aromatic heterocycles. The van der Waals surface area contributed by atoms with Crippen molar-refractivity contribution in [3.05, 3.63) is 0 Å². The van der Waals surface area contributed by atoms with Crippen molar-refractivity contribution in [3.8, 4) is 0 Å². The average molecular weight is 187 g/mol. The van der Waals surface area contributed by atoms with Gasteiger partial charge < -0.3 is 10.4 Å². The van der Waals surface area contributed by atoms with Crippen LogP contribution in [-0.2, 0) is 4.79 Å². The Balaban J connectivity index is 3.60. The molecule has 0 heterocycles. The molecule has 0 aliphatic heterocycles. The van der Waals surface area contributed by atoms with Gasteiger partial charge in [-0.2, -0.15) is 0 Å². The summed E-state index contributed by atoms with van der Waals surface area (Å²) in [7, 11) is 0. The molecule has 0 spiro atoms. The lowest BCUT2D eigenvalue weighted by Crippen LogP contribution is -2.36. The van der Waals surface area contributed by atoms with Crippen LogP contribution >= 0.6 is 0 Å². The highest BCUT2D eigenvalue weighted by atomic mass is 16.3. The molecule has 0 radical (unpaired) electrons. The number of nitrogens with one attached hydrogen (secondary N) is 1. The molecule has 0 aliphatic rings. The summed E-state index contributed by atoms with van der Waals surface area (Å²) in [5, 5.41) is 11.6. The summed E-state index contributed by atoms with van der Waals surface area (Å²) < 4.78 is 0. The van der Waals surface area contributed by atoms with Crippen molar-refractivity contribution >= 4 is 5.91 Å². The van der Waals surface area contributed by atoms with Crippen LogP contribution in [0.5, 0.6) is 0 Å². The Morgan fingerprint density at radius 2 is 2.08 bits per heavy atom. The zero-order chi connectivity index (χ0) is 10.3. The minimum atomic E-state index is -0.0698. The van der Waals surface area contributed by atoms with Crippen LogP contribution in [0.3, 0.4) is 0 Å². The maximum Gasteiger partial charge on any atom is 0.220 e. The first-order chi connectivity index (χ1) is 6.10. The van der Waals surface area contributed by atoms with Crippen LogP contribution < -0.4 is 5.32 Å². The molecule has 0 aromatic carbocycles. The molecule has 0 aliphatic carbocycles. The highest BCUT2D eigenvalue weighted by Crippen LogP contribution is 2.03. The molecule has 3 heteroatoms. The first kappa shape index (κ1) is 12.4. The van der Waals surface area contributed by atoms with E-state index in [-0.39, 0.29) is 18.6 Å². The molecular weight excluding hydrogens is 166 g/mol. The van der Waals surface area contributed by atoms with E-state index in [1.165, 1.54) is 0 Å². The number of rotatable bonds is 6. The topological polar surface area (TPSA) is 49.3 Å². The summed E-state index contributed by atoms with van der Waals surface area (Å²) in [4.78, 5) is 11.3. The van der Waals surface area contributed by atoms with E-state index in [4.69, 9.17) is 5.11 Å². The number of hydrogen-bond acceptors (Lipinski definition) is 2. The molecule has 2 N–H and O–H groups in total. The summed E-state index contributed by atoms with van der Waals surface area (Å²) in [6, 6.07) is -0.0698. The second-order valence-electron chi connectivity index (χ2n) is 3.79. The third-order valence-electron chi connectivity index (χ3n) is 2.03. The van der Waals surface area contributed by atoms with Gasteiger partial charge in [-0.1, -0.05) is 20.8 Å². The summed E-state index contributed by atoms with van der Waals surface area (Å²) in [5.74, 6) is 0.606. The van der Waals surface area contributed by atoms with Crippen LogP contribution in [0.2, 0.25) is 0 Å². The number of aliphatic hydroxyl groups is 1. The van der Waals surface area contributed by atoms with E-state index < -0.39 is 0 Å². The van der Waals surface area contributed by atoms with Crippen LogP contribution in [0.4, 0.5) is 0 Å². The number of carbonyl (C=O) groups is 1. The Morgan fingerprint density at radius 1 is 1.46 bits per heavy atom. The third-order valence-corrected chi connectivity index (χ3v) is 2.03. The summed E-state index contributed by atoms with van der Waals surface area (Å²) >= 11 is 0. The predicted molar refractivity (Wildman–Crippen MR) is 53.4 cm³/mol. The molecule has 0 saturated heterocycles. The van der Waals surface area contributed by atoms with Gasteiger partial charge in [0.1, 0.15) is 0 Å². The van der Waals surface area contributed by atoms with Gasteiger partial charge in [-0.25, -0.2) is 0 Å². The number of aliphatic hydroxyl groups excluding tert-OH is 1. The number of carbonyl (C=O) groups excluding carboxylic acids is 1. The summed E-state index contributed by atoms with van der Waals surface area (Å²) in [5.41, 5.74) is 0. The fourth-order valence-electron chi connectivity index (χ4n) is 0.996. The fourth-order valence-corrected chi connectivity index (χ4v) is 0.996. The van der Waals surface area contributed by atoms with Gasteiger partial charge in [0.15, 0.2) is 0 Å². The van der Waals surface area contributed by atoms with Gasteiger partial charge in [0.05, 0.1) is 12.6 Å². The van der Waals surface area contributed by atoms with Crippen molar-refractivity contribution in [2.45, 2.75) is 46.1 Å². The van der Waals surface area contributed by atoms with Gasteiger partial charge in [-0.15, -0.1) is 0 Å². The summed E-state index contributed by atoms with van der Waals surface area (Å²) in [6.07, 6.45) is 2.26.